The molecule has 1 aromatic rings. The number of esters is 1. The van der Waals surface area contributed by atoms with E-state index in [4.69, 9.17) is 9.47 Å². The van der Waals surface area contributed by atoms with E-state index in [1.54, 1.807) is 13.8 Å². The minimum absolute atomic E-state index is 0.163. The highest BCUT2D eigenvalue weighted by Gasteiger charge is 2.37. The second-order valence-electron chi connectivity index (χ2n) is 3.62. The van der Waals surface area contributed by atoms with E-state index in [9.17, 15) is 9.18 Å². The van der Waals surface area contributed by atoms with Crippen LogP contribution in [0.4, 0.5) is 4.39 Å². The molecule has 0 saturated heterocycles. The number of halogens is 2. The average Bonchev–Trinajstić information content (AvgIpc) is 2.09. The Balaban J connectivity index is 2.64. The summed E-state index contributed by atoms with van der Waals surface area (Å²) >= 11 is 3.20. The first-order chi connectivity index (χ1) is 6.91. The smallest absolute Gasteiger partial charge is 0.348 e. The van der Waals surface area contributed by atoms with Gasteiger partial charge in [-0.1, -0.05) is 0 Å². The van der Waals surface area contributed by atoms with E-state index in [0.29, 0.717) is 4.47 Å². The fraction of sp³-hybridized carbons (Fsp3) is 0.300. The topological polar surface area (TPSA) is 35.5 Å². The Morgan fingerprint density at radius 3 is 2.67 bits per heavy atom. The molecule has 0 aromatic heterocycles. The maximum atomic E-state index is 13.4. The lowest BCUT2D eigenvalue weighted by atomic mass is 10.1. The molecule has 0 N–H and O–H groups in total. The Kier molecular flexibility index (Phi) is 2.22. The highest BCUT2D eigenvalue weighted by Crippen LogP contribution is 2.38. The Labute approximate surface area is 94.3 Å². The van der Waals surface area contributed by atoms with Crippen molar-refractivity contribution >= 4 is 21.9 Å². The second-order valence-corrected chi connectivity index (χ2v) is 4.48. The van der Waals surface area contributed by atoms with Crippen LogP contribution in [0.5, 0.6) is 5.75 Å². The van der Waals surface area contributed by atoms with Gasteiger partial charge in [-0.15, -0.1) is 0 Å². The number of benzene rings is 1. The number of rotatable bonds is 0. The van der Waals surface area contributed by atoms with E-state index < -0.39 is 17.6 Å². The minimum atomic E-state index is -1.07. The quantitative estimate of drug-likeness (QED) is 0.683. The van der Waals surface area contributed by atoms with Crippen molar-refractivity contribution < 1.29 is 18.7 Å². The number of fused-ring (bicyclic) bond motifs is 1. The van der Waals surface area contributed by atoms with Crippen LogP contribution in [0, 0.1) is 5.82 Å². The minimum Gasteiger partial charge on any atom is -0.451 e. The van der Waals surface area contributed by atoms with Crippen LogP contribution in [0.25, 0.3) is 0 Å². The summed E-state index contributed by atoms with van der Waals surface area (Å²) in [5.41, 5.74) is -0.163. The van der Waals surface area contributed by atoms with Gasteiger partial charge in [0.15, 0.2) is 5.75 Å². The third-order valence-electron chi connectivity index (χ3n) is 1.95. The maximum Gasteiger partial charge on any atom is 0.348 e. The van der Waals surface area contributed by atoms with Gasteiger partial charge in [0.25, 0.3) is 0 Å². The molecule has 15 heavy (non-hydrogen) atoms. The summed E-state index contributed by atoms with van der Waals surface area (Å²) in [6, 6.07) is 2.68. The zero-order valence-corrected chi connectivity index (χ0v) is 9.72. The number of hydrogen-bond donors (Lipinski definition) is 0. The molecule has 1 aromatic carbocycles. The average molecular weight is 275 g/mol. The van der Waals surface area contributed by atoms with Gasteiger partial charge in [-0.25, -0.2) is 9.18 Å². The van der Waals surface area contributed by atoms with Gasteiger partial charge in [-0.3, -0.25) is 0 Å². The van der Waals surface area contributed by atoms with Crippen LogP contribution in [0.15, 0.2) is 16.6 Å². The largest absolute Gasteiger partial charge is 0.451 e. The molecule has 0 atom stereocenters. The molecule has 0 unspecified atom stereocenters. The highest BCUT2D eigenvalue weighted by molar-refractivity contribution is 9.10. The molecule has 1 heterocycles. The van der Waals surface area contributed by atoms with Gasteiger partial charge in [0, 0.05) is 13.8 Å². The fourth-order valence-electron chi connectivity index (χ4n) is 1.36. The van der Waals surface area contributed by atoms with Crippen molar-refractivity contribution in [1.29, 1.82) is 0 Å². The molecule has 1 aliphatic heterocycles. The fourth-order valence-corrected chi connectivity index (χ4v) is 1.78. The molecule has 3 nitrogen and oxygen atoms in total. The lowest BCUT2D eigenvalue weighted by Gasteiger charge is -2.32. The predicted octanol–water partition coefficient (Wildman–Crippen LogP) is 2.87. The number of carbonyl (C=O) groups excluding carboxylic acids is 1. The van der Waals surface area contributed by atoms with Gasteiger partial charge in [-0.05, 0) is 28.1 Å². The van der Waals surface area contributed by atoms with Crippen molar-refractivity contribution in [2.45, 2.75) is 19.6 Å². The molecular formula is C10H8BrFO3. The van der Waals surface area contributed by atoms with Gasteiger partial charge in [0.05, 0.1) is 4.47 Å². The van der Waals surface area contributed by atoms with E-state index in [0.717, 1.165) is 0 Å². The summed E-state index contributed by atoms with van der Waals surface area (Å²) in [5, 5.41) is 0. The number of hydrogen-bond acceptors (Lipinski definition) is 3. The van der Waals surface area contributed by atoms with Crippen LogP contribution in [0.3, 0.4) is 0 Å². The van der Waals surface area contributed by atoms with Crippen molar-refractivity contribution in [3.8, 4) is 5.75 Å². The zero-order valence-electron chi connectivity index (χ0n) is 8.14. The molecule has 0 aliphatic carbocycles. The third-order valence-corrected chi connectivity index (χ3v) is 2.57. The van der Waals surface area contributed by atoms with Crippen molar-refractivity contribution in [3.63, 3.8) is 0 Å². The van der Waals surface area contributed by atoms with Gasteiger partial charge >= 0.3 is 5.97 Å². The van der Waals surface area contributed by atoms with Crippen molar-refractivity contribution in [2.75, 3.05) is 0 Å². The molecule has 0 saturated carbocycles. The molecule has 0 bridgehead atoms. The molecule has 0 fully saturated rings. The van der Waals surface area contributed by atoms with E-state index in [1.807, 2.05) is 0 Å². The lowest BCUT2D eigenvalue weighted by molar-refractivity contribution is -0.128. The maximum absolute atomic E-state index is 13.4. The van der Waals surface area contributed by atoms with Crippen LogP contribution in [-0.2, 0) is 4.74 Å². The molecule has 0 amide bonds. The second kappa shape index (κ2) is 3.20. The zero-order chi connectivity index (χ0) is 11.2. The van der Waals surface area contributed by atoms with Crippen LogP contribution in [0.1, 0.15) is 24.2 Å². The molecular weight excluding hydrogens is 267 g/mol. The molecule has 2 rings (SSSR count). The monoisotopic (exact) mass is 274 g/mol. The SMILES string of the molecule is CC1(C)OC(=O)c2c(F)ccc(Br)c2O1. The summed E-state index contributed by atoms with van der Waals surface area (Å²) in [5.74, 6) is -2.23. The van der Waals surface area contributed by atoms with Crippen LogP contribution >= 0.6 is 15.9 Å². The number of carbonyl (C=O) groups is 1. The summed E-state index contributed by atoms with van der Waals surface area (Å²) in [7, 11) is 0. The van der Waals surface area contributed by atoms with Crippen LogP contribution in [0.2, 0.25) is 0 Å². The number of cyclic esters (lactones) is 1. The standard InChI is InChI=1S/C10H8BrFO3/c1-10(2)14-8-5(11)3-4-6(12)7(8)9(13)15-10/h3-4H,1-2H3. The first-order valence-electron chi connectivity index (χ1n) is 4.31. The highest BCUT2D eigenvalue weighted by atomic mass is 79.9. The Bertz CT molecular complexity index is 443. The van der Waals surface area contributed by atoms with E-state index in [-0.39, 0.29) is 11.3 Å². The Hall–Kier alpha value is -1.10. The summed E-state index contributed by atoms with van der Waals surface area (Å²) < 4.78 is 24.2. The van der Waals surface area contributed by atoms with Gasteiger partial charge < -0.3 is 9.47 Å². The summed E-state index contributed by atoms with van der Waals surface area (Å²) in [4.78, 5) is 11.5. The van der Waals surface area contributed by atoms with Crippen molar-refractivity contribution in [2.24, 2.45) is 0 Å². The molecule has 1 aliphatic rings. The first kappa shape index (κ1) is 10.4. The van der Waals surface area contributed by atoms with Crippen molar-refractivity contribution in [3.05, 3.63) is 28.0 Å². The lowest BCUT2D eigenvalue weighted by Crippen LogP contribution is -2.39. The first-order valence-corrected chi connectivity index (χ1v) is 5.10. The summed E-state index contributed by atoms with van der Waals surface area (Å²) in [6.07, 6.45) is 0. The Morgan fingerprint density at radius 2 is 2.00 bits per heavy atom. The molecule has 0 radical (unpaired) electrons. The van der Waals surface area contributed by atoms with E-state index in [2.05, 4.69) is 15.9 Å². The van der Waals surface area contributed by atoms with Gasteiger partial charge in [-0.2, -0.15) is 0 Å². The molecule has 0 spiro atoms. The van der Waals surface area contributed by atoms with Crippen LogP contribution in [-0.4, -0.2) is 11.8 Å². The Morgan fingerprint density at radius 1 is 1.33 bits per heavy atom. The van der Waals surface area contributed by atoms with Gasteiger partial charge in [0.2, 0.25) is 5.79 Å². The van der Waals surface area contributed by atoms with Crippen LogP contribution < -0.4 is 4.74 Å². The van der Waals surface area contributed by atoms with E-state index in [1.165, 1.54) is 12.1 Å². The number of ether oxygens (including phenoxy) is 2. The van der Waals surface area contributed by atoms with E-state index >= 15 is 0 Å². The normalized spacial score (nSPS) is 17.7. The third kappa shape index (κ3) is 1.71. The van der Waals surface area contributed by atoms with Crippen molar-refractivity contribution in [1.82, 2.24) is 0 Å². The van der Waals surface area contributed by atoms with Gasteiger partial charge in [0.1, 0.15) is 11.4 Å². The molecule has 80 valence electrons. The predicted molar refractivity (Wildman–Crippen MR) is 54.2 cm³/mol. The molecule has 5 heteroatoms. The summed E-state index contributed by atoms with van der Waals surface area (Å²) in [6.45, 7) is 3.18.